The van der Waals surface area contributed by atoms with Gasteiger partial charge in [0.2, 0.25) is 0 Å². The molecule has 3 heterocycles. The van der Waals surface area contributed by atoms with E-state index in [-0.39, 0.29) is 29.3 Å². The molecule has 2 amide bonds. The molecule has 0 saturated carbocycles. The molecule has 5 rings (SSSR count). The van der Waals surface area contributed by atoms with Gasteiger partial charge < -0.3 is 0 Å². The maximum Gasteiger partial charge on any atom is 0.328 e. The molecule has 2 aliphatic rings. The van der Waals surface area contributed by atoms with E-state index in [9.17, 15) is 9.18 Å². The smallest absolute Gasteiger partial charge is 0.294 e. The van der Waals surface area contributed by atoms with Crippen molar-refractivity contribution in [1.82, 2.24) is 15.1 Å². The molecule has 1 fully saturated rings. The van der Waals surface area contributed by atoms with Crippen LogP contribution in [0.3, 0.4) is 0 Å². The maximum absolute atomic E-state index is 13.7. The van der Waals surface area contributed by atoms with Crippen LogP contribution in [0.4, 0.5) is 20.7 Å². The number of amides is 2. The van der Waals surface area contributed by atoms with Gasteiger partial charge in [-0.15, -0.1) is 0 Å². The number of nitrogens with one attached hydrogen (secondary N) is 1. The van der Waals surface area contributed by atoms with Gasteiger partial charge in [-0.2, -0.15) is 5.10 Å². The predicted molar refractivity (Wildman–Crippen MR) is 114 cm³/mol. The van der Waals surface area contributed by atoms with Crippen molar-refractivity contribution < 1.29 is 9.18 Å². The zero-order valence-electron chi connectivity index (χ0n) is 17.0. The number of benzene rings is 2. The van der Waals surface area contributed by atoms with E-state index in [0.29, 0.717) is 5.84 Å². The first-order chi connectivity index (χ1) is 14.3. The molecule has 30 heavy (non-hydrogen) atoms. The van der Waals surface area contributed by atoms with Gasteiger partial charge in [0.15, 0.2) is 5.82 Å². The zero-order valence-corrected chi connectivity index (χ0v) is 17.0. The average Bonchev–Trinajstić information content (AvgIpc) is 3.27. The molecule has 0 radical (unpaired) electrons. The Balaban J connectivity index is 1.73. The number of aromatic nitrogens is 2. The minimum atomic E-state index is -0.365. The van der Waals surface area contributed by atoms with Crippen LogP contribution in [0, 0.1) is 5.82 Å². The van der Waals surface area contributed by atoms with Crippen LogP contribution in [-0.2, 0) is 5.54 Å². The van der Waals surface area contributed by atoms with E-state index in [1.807, 2.05) is 41.2 Å². The highest BCUT2D eigenvalue weighted by molar-refractivity contribution is 6.18. The van der Waals surface area contributed by atoms with Gasteiger partial charge in [0.05, 0.1) is 11.7 Å². The summed E-state index contributed by atoms with van der Waals surface area (Å²) in [7, 11) is 0. The second kappa shape index (κ2) is 6.52. The Morgan fingerprint density at radius 3 is 2.40 bits per heavy atom. The largest absolute Gasteiger partial charge is 0.328 e. The number of carbonyl (C=O) groups is 1. The number of hydrogen-bond donors (Lipinski definition) is 1. The summed E-state index contributed by atoms with van der Waals surface area (Å²) in [5.41, 5.74) is 2.33. The molecule has 2 unspecified atom stereocenters. The summed E-state index contributed by atoms with van der Waals surface area (Å²) < 4.78 is 15.5. The van der Waals surface area contributed by atoms with Crippen LogP contribution in [-0.4, -0.2) is 27.7 Å². The van der Waals surface area contributed by atoms with Gasteiger partial charge >= 0.3 is 6.03 Å². The summed E-state index contributed by atoms with van der Waals surface area (Å²) in [6.07, 6.45) is 1.82. The molecule has 2 aliphatic heterocycles. The second-order valence-electron chi connectivity index (χ2n) is 8.61. The van der Waals surface area contributed by atoms with Crippen molar-refractivity contribution in [2.24, 2.45) is 4.99 Å². The Morgan fingerprint density at radius 2 is 1.73 bits per heavy atom. The van der Waals surface area contributed by atoms with Gasteiger partial charge in [-0.3, -0.25) is 10.2 Å². The van der Waals surface area contributed by atoms with E-state index in [1.54, 1.807) is 17.0 Å². The lowest BCUT2D eigenvalue weighted by Crippen LogP contribution is -2.42. The third-order valence-corrected chi connectivity index (χ3v) is 5.56. The van der Waals surface area contributed by atoms with Gasteiger partial charge in [-0.1, -0.05) is 30.3 Å². The van der Waals surface area contributed by atoms with Gasteiger partial charge in [-0.05, 0) is 50.6 Å². The number of nitrogens with zero attached hydrogens (tertiary/aromatic N) is 4. The third-order valence-electron chi connectivity index (χ3n) is 5.56. The van der Waals surface area contributed by atoms with Crippen LogP contribution in [0.5, 0.6) is 0 Å². The van der Waals surface area contributed by atoms with Crippen LogP contribution in [0.15, 0.2) is 65.8 Å². The van der Waals surface area contributed by atoms with Crippen LogP contribution >= 0.6 is 0 Å². The van der Waals surface area contributed by atoms with Crippen LogP contribution < -0.4 is 10.2 Å². The van der Waals surface area contributed by atoms with Crippen LogP contribution in [0.25, 0.3) is 0 Å². The normalized spacial score (nSPS) is 20.5. The van der Waals surface area contributed by atoms with Crippen molar-refractivity contribution in [3.05, 3.63) is 77.7 Å². The second-order valence-corrected chi connectivity index (χ2v) is 8.61. The number of amidine groups is 1. The lowest BCUT2D eigenvalue weighted by Gasteiger charge is -2.33. The van der Waals surface area contributed by atoms with E-state index in [2.05, 4.69) is 31.2 Å². The minimum Gasteiger partial charge on any atom is -0.294 e. The first kappa shape index (κ1) is 18.5. The zero-order chi connectivity index (χ0) is 21.0. The van der Waals surface area contributed by atoms with E-state index in [0.717, 1.165) is 22.6 Å². The van der Waals surface area contributed by atoms with E-state index >= 15 is 0 Å². The number of fused-ring (bicyclic) bond motifs is 2. The standard InChI is InChI=1S/C23H22FN5O/c1-23(2,3)29-21-17(13-25-29)18(14-9-11-15(24)12-10-14)19-20(26-21)27-22(30)28(19)16-7-5-4-6-8-16/h4-13,18-19H,1-3H3,(H,26,27,30). The lowest BCUT2D eigenvalue weighted by atomic mass is 9.83. The Kier molecular flexibility index (Phi) is 4.03. The van der Waals surface area contributed by atoms with E-state index in [1.165, 1.54) is 12.1 Å². The quantitative estimate of drug-likeness (QED) is 0.682. The fourth-order valence-electron chi connectivity index (χ4n) is 4.25. The Hall–Kier alpha value is -3.48. The molecule has 1 N–H and O–H groups in total. The number of anilines is 1. The summed E-state index contributed by atoms with van der Waals surface area (Å²) in [5.74, 6) is 0.771. The van der Waals surface area contributed by atoms with Crippen molar-refractivity contribution in [1.29, 1.82) is 0 Å². The van der Waals surface area contributed by atoms with E-state index in [4.69, 9.17) is 4.99 Å². The Labute approximate surface area is 174 Å². The van der Waals surface area contributed by atoms with Gasteiger partial charge in [0.1, 0.15) is 17.7 Å². The number of rotatable bonds is 2. The highest BCUT2D eigenvalue weighted by Crippen LogP contribution is 2.44. The monoisotopic (exact) mass is 403 g/mol. The summed E-state index contributed by atoms with van der Waals surface area (Å²) in [6.45, 7) is 6.18. The molecule has 0 bridgehead atoms. The van der Waals surface area contributed by atoms with Gasteiger partial charge in [-0.25, -0.2) is 18.9 Å². The molecule has 3 aromatic rings. The molecule has 7 heteroatoms. The number of para-hydroxylation sites is 1. The highest BCUT2D eigenvalue weighted by Gasteiger charge is 2.48. The first-order valence-corrected chi connectivity index (χ1v) is 9.92. The minimum absolute atomic E-state index is 0.225. The highest BCUT2D eigenvalue weighted by atomic mass is 19.1. The summed E-state index contributed by atoms with van der Waals surface area (Å²) in [5, 5.41) is 7.56. The van der Waals surface area contributed by atoms with Crippen molar-refractivity contribution >= 4 is 23.4 Å². The van der Waals surface area contributed by atoms with Crippen LogP contribution in [0.2, 0.25) is 0 Å². The van der Waals surface area contributed by atoms with Crippen molar-refractivity contribution in [3.63, 3.8) is 0 Å². The molecule has 152 valence electrons. The molecule has 2 aromatic carbocycles. The lowest BCUT2D eigenvalue weighted by molar-refractivity contribution is 0.252. The summed E-state index contributed by atoms with van der Waals surface area (Å²) in [6, 6.07) is 15.4. The number of hydrogen-bond acceptors (Lipinski definition) is 3. The van der Waals surface area contributed by atoms with Crippen molar-refractivity contribution in [2.45, 2.75) is 38.3 Å². The summed E-state index contributed by atoms with van der Waals surface area (Å²) >= 11 is 0. The van der Waals surface area contributed by atoms with Gasteiger partial charge in [0, 0.05) is 17.2 Å². The number of urea groups is 1. The van der Waals surface area contributed by atoms with Gasteiger partial charge in [0.25, 0.3) is 0 Å². The van der Waals surface area contributed by atoms with E-state index < -0.39 is 0 Å². The van der Waals surface area contributed by atoms with Crippen LogP contribution in [0.1, 0.15) is 37.8 Å². The maximum atomic E-state index is 13.7. The third kappa shape index (κ3) is 2.81. The fraction of sp³-hybridized carbons (Fsp3) is 0.261. The molecule has 1 aromatic heterocycles. The van der Waals surface area contributed by atoms with Crippen molar-refractivity contribution in [2.75, 3.05) is 4.90 Å². The molecule has 2 atom stereocenters. The summed E-state index contributed by atoms with van der Waals surface area (Å²) in [4.78, 5) is 19.5. The SMILES string of the molecule is CC(C)(C)n1ncc2c1N=C1NC(=O)N(c3ccccc3)C1C2c1ccc(F)cc1. The molecule has 6 nitrogen and oxygen atoms in total. The average molecular weight is 403 g/mol. The Morgan fingerprint density at radius 1 is 1.03 bits per heavy atom. The molecule has 1 saturated heterocycles. The first-order valence-electron chi connectivity index (χ1n) is 9.92. The molecular formula is C23H22FN5O. The Bertz CT molecular complexity index is 1140. The van der Waals surface area contributed by atoms with Crippen molar-refractivity contribution in [3.8, 4) is 0 Å². The molecule has 0 aliphatic carbocycles. The topological polar surface area (TPSA) is 62.5 Å². The number of halogens is 1. The predicted octanol–water partition coefficient (Wildman–Crippen LogP) is 4.55. The molecule has 0 spiro atoms. The number of carbonyl (C=O) groups excluding carboxylic acids is 1. The fourth-order valence-corrected chi connectivity index (χ4v) is 4.25. The number of aliphatic imine (C=N–C) groups is 1. The molecular weight excluding hydrogens is 381 g/mol.